The Kier molecular flexibility index (Phi) is 6.64. The van der Waals surface area contributed by atoms with Crippen LogP contribution in [0.1, 0.15) is 25.3 Å². The number of hydrogen-bond donors (Lipinski definition) is 1. The number of ether oxygens (including phenoxy) is 2. The Morgan fingerprint density at radius 2 is 1.93 bits per heavy atom. The number of methoxy groups -OCH3 is 1. The summed E-state index contributed by atoms with van der Waals surface area (Å²) in [6.45, 7) is 2.12. The van der Waals surface area contributed by atoms with Crippen LogP contribution in [0, 0.1) is 0 Å². The zero-order valence-corrected chi connectivity index (χ0v) is 17.5. The first kappa shape index (κ1) is 21.0. The van der Waals surface area contributed by atoms with Gasteiger partial charge in [-0.2, -0.15) is 0 Å². The maximum Gasteiger partial charge on any atom is 0.262 e. The molecule has 0 saturated heterocycles. The van der Waals surface area contributed by atoms with Crippen molar-refractivity contribution in [2.75, 3.05) is 35.6 Å². The van der Waals surface area contributed by atoms with Gasteiger partial charge in [-0.15, -0.1) is 0 Å². The molecule has 0 aromatic heterocycles. The van der Waals surface area contributed by atoms with Crippen LogP contribution in [0.4, 0.5) is 11.4 Å². The van der Waals surface area contributed by atoms with E-state index in [2.05, 4.69) is 5.32 Å². The lowest BCUT2D eigenvalue weighted by Gasteiger charge is -2.31. The summed E-state index contributed by atoms with van der Waals surface area (Å²) in [5.74, 6) is 0.795. The van der Waals surface area contributed by atoms with Crippen molar-refractivity contribution in [1.82, 2.24) is 0 Å². The topological polar surface area (TPSA) is 84.9 Å². The third-order valence-electron chi connectivity index (χ3n) is 4.67. The minimum atomic E-state index is -3.36. The van der Waals surface area contributed by atoms with Crippen molar-refractivity contribution in [2.24, 2.45) is 0 Å². The molecule has 1 N–H and O–H groups in total. The van der Waals surface area contributed by atoms with Crippen LogP contribution in [-0.2, 0) is 21.2 Å². The van der Waals surface area contributed by atoms with Gasteiger partial charge in [-0.25, -0.2) is 8.42 Å². The van der Waals surface area contributed by atoms with Gasteiger partial charge in [0.05, 0.1) is 18.6 Å². The largest absolute Gasteiger partial charge is 0.493 e. The smallest absolute Gasteiger partial charge is 0.262 e. The monoisotopic (exact) mass is 418 g/mol. The zero-order valence-electron chi connectivity index (χ0n) is 16.7. The number of nitrogens with zero attached hydrogens (tertiary/aromatic N) is 1. The summed E-state index contributed by atoms with van der Waals surface area (Å²) in [5, 5.41) is 2.78. The lowest BCUT2D eigenvalue weighted by molar-refractivity contribution is -0.118. The van der Waals surface area contributed by atoms with Gasteiger partial charge in [0.15, 0.2) is 18.1 Å². The highest BCUT2D eigenvalue weighted by Crippen LogP contribution is 2.32. The quantitative estimate of drug-likeness (QED) is 0.712. The van der Waals surface area contributed by atoms with E-state index >= 15 is 0 Å². The van der Waals surface area contributed by atoms with Crippen molar-refractivity contribution < 1.29 is 22.7 Å². The minimum absolute atomic E-state index is 0.107. The number of hydrogen-bond acceptors (Lipinski definition) is 5. The van der Waals surface area contributed by atoms with Crippen LogP contribution < -0.4 is 19.1 Å². The first-order chi connectivity index (χ1) is 13.9. The second kappa shape index (κ2) is 9.17. The minimum Gasteiger partial charge on any atom is -0.493 e. The van der Waals surface area contributed by atoms with E-state index in [1.54, 1.807) is 30.3 Å². The van der Waals surface area contributed by atoms with E-state index in [1.165, 1.54) is 11.4 Å². The molecule has 0 saturated carbocycles. The summed E-state index contributed by atoms with van der Waals surface area (Å²) in [5.41, 5.74) is 2.16. The Labute approximate surface area is 171 Å². The van der Waals surface area contributed by atoms with Gasteiger partial charge in [-0.3, -0.25) is 9.10 Å². The molecule has 0 bridgehead atoms. The molecule has 0 aliphatic carbocycles. The Morgan fingerprint density at radius 1 is 1.17 bits per heavy atom. The van der Waals surface area contributed by atoms with Crippen molar-refractivity contribution in [3.63, 3.8) is 0 Å². The fraction of sp³-hybridized carbons (Fsp3) is 0.381. The van der Waals surface area contributed by atoms with E-state index in [4.69, 9.17) is 9.47 Å². The molecule has 0 spiro atoms. The molecule has 7 nitrogen and oxygen atoms in total. The van der Waals surface area contributed by atoms with E-state index in [-0.39, 0.29) is 18.3 Å². The molecule has 3 rings (SSSR count). The highest BCUT2D eigenvalue weighted by atomic mass is 32.2. The predicted molar refractivity (Wildman–Crippen MR) is 113 cm³/mol. The van der Waals surface area contributed by atoms with E-state index in [0.717, 1.165) is 18.4 Å². The average Bonchev–Trinajstić information content (AvgIpc) is 2.72. The number of anilines is 2. The lowest BCUT2D eigenvalue weighted by Crippen LogP contribution is -2.37. The predicted octanol–water partition coefficient (Wildman–Crippen LogP) is 3.21. The van der Waals surface area contributed by atoms with Crippen LogP contribution in [0.3, 0.4) is 0 Å². The van der Waals surface area contributed by atoms with E-state index in [0.29, 0.717) is 35.8 Å². The van der Waals surface area contributed by atoms with Crippen LogP contribution in [0.15, 0.2) is 42.5 Å². The van der Waals surface area contributed by atoms with Crippen molar-refractivity contribution in [1.29, 1.82) is 0 Å². The normalized spacial score (nSPS) is 13.5. The van der Waals surface area contributed by atoms with Crippen LogP contribution in [0.2, 0.25) is 0 Å². The van der Waals surface area contributed by atoms with Gasteiger partial charge in [0.25, 0.3) is 5.91 Å². The molecule has 0 fully saturated rings. The van der Waals surface area contributed by atoms with Crippen molar-refractivity contribution >= 4 is 27.3 Å². The molecule has 8 heteroatoms. The molecule has 29 heavy (non-hydrogen) atoms. The maximum absolute atomic E-state index is 12.6. The molecule has 1 aliphatic heterocycles. The number of aryl methyl sites for hydroxylation is 1. The van der Waals surface area contributed by atoms with Gasteiger partial charge < -0.3 is 14.8 Å². The lowest BCUT2D eigenvalue weighted by atomic mass is 10.0. The maximum atomic E-state index is 12.6. The Balaban J connectivity index is 1.71. The van der Waals surface area contributed by atoms with Gasteiger partial charge >= 0.3 is 0 Å². The molecule has 1 amide bonds. The number of nitrogens with one attached hydrogen (secondary N) is 1. The summed E-state index contributed by atoms with van der Waals surface area (Å²) in [4.78, 5) is 12.3. The SMILES string of the molecule is CCCS(=O)(=O)N1CCCc2ccc(NC(=O)COc3ccccc3OC)cc21. The number of para-hydroxylation sites is 2. The molecule has 2 aromatic rings. The summed E-state index contributed by atoms with van der Waals surface area (Å²) in [7, 11) is -1.83. The molecule has 156 valence electrons. The van der Waals surface area contributed by atoms with Crippen LogP contribution in [0.5, 0.6) is 11.5 Å². The summed E-state index contributed by atoms with van der Waals surface area (Å²) in [6.07, 6.45) is 2.16. The van der Waals surface area contributed by atoms with Gasteiger partial charge in [-0.05, 0) is 49.1 Å². The number of fused-ring (bicyclic) bond motifs is 1. The van der Waals surface area contributed by atoms with Crippen molar-refractivity contribution in [3.05, 3.63) is 48.0 Å². The molecule has 1 aliphatic rings. The van der Waals surface area contributed by atoms with Crippen LogP contribution in [0.25, 0.3) is 0 Å². The highest BCUT2D eigenvalue weighted by Gasteiger charge is 2.27. The van der Waals surface area contributed by atoms with E-state index < -0.39 is 10.0 Å². The van der Waals surface area contributed by atoms with E-state index in [1.807, 2.05) is 19.1 Å². The van der Waals surface area contributed by atoms with Crippen molar-refractivity contribution in [2.45, 2.75) is 26.2 Å². The first-order valence-corrected chi connectivity index (χ1v) is 11.2. The second-order valence-electron chi connectivity index (χ2n) is 6.82. The van der Waals surface area contributed by atoms with Crippen molar-refractivity contribution in [3.8, 4) is 11.5 Å². The number of carbonyl (C=O) groups excluding carboxylic acids is 1. The van der Waals surface area contributed by atoms with Crippen LogP contribution >= 0.6 is 0 Å². The highest BCUT2D eigenvalue weighted by molar-refractivity contribution is 7.92. The molecule has 2 aromatic carbocycles. The second-order valence-corrected chi connectivity index (χ2v) is 8.84. The average molecular weight is 419 g/mol. The van der Waals surface area contributed by atoms with Gasteiger partial charge in [-0.1, -0.05) is 25.1 Å². The number of rotatable bonds is 8. The zero-order chi connectivity index (χ0) is 20.9. The van der Waals surface area contributed by atoms with E-state index in [9.17, 15) is 13.2 Å². The molecule has 0 atom stereocenters. The fourth-order valence-electron chi connectivity index (χ4n) is 3.35. The fourth-order valence-corrected chi connectivity index (χ4v) is 4.97. The molecular weight excluding hydrogens is 392 g/mol. The standard InChI is InChI=1S/C21H26N2O5S/c1-3-13-29(25,26)23-12-6-7-16-10-11-17(14-18(16)23)22-21(24)15-28-20-9-5-4-8-19(20)27-2/h4-5,8-11,14H,3,6-7,12-13,15H2,1-2H3,(H,22,24). The van der Waals surface area contributed by atoms with Gasteiger partial charge in [0, 0.05) is 12.2 Å². The molecule has 1 heterocycles. The number of sulfonamides is 1. The molecule has 0 radical (unpaired) electrons. The third-order valence-corrected chi connectivity index (χ3v) is 6.65. The number of carbonyl (C=O) groups is 1. The first-order valence-electron chi connectivity index (χ1n) is 9.63. The Hall–Kier alpha value is -2.74. The Morgan fingerprint density at radius 3 is 2.66 bits per heavy atom. The number of benzene rings is 2. The van der Waals surface area contributed by atoms with Gasteiger partial charge in [0.1, 0.15) is 0 Å². The van der Waals surface area contributed by atoms with Gasteiger partial charge in [0.2, 0.25) is 10.0 Å². The summed E-state index contributed by atoms with van der Waals surface area (Å²) in [6, 6.07) is 12.5. The summed E-state index contributed by atoms with van der Waals surface area (Å²) < 4.78 is 37.4. The Bertz CT molecular complexity index is 975. The summed E-state index contributed by atoms with van der Waals surface area (Å²) >= 11 is 0. The number of amides is 1. The third kappa shape index (κ3) is 5.00. The van der Waals surface area contributed by atoms with Crippen LogP contribution in [-0.4, -0.2) is 40.3 Å². The molecular formula is C21H26N2O5S. The molecule has 0 unspecified atom stereocenters.